The van der Waals surface area contributed by atoms with Crippen LogP contribution in [0.15, 0.2) is 77.3 Å². The highest BCUT2D eigenvalue weighted by molar-refractivity contribution is 9.10. The van der Waals surface area contributed by atoms with Crippen molar-refractivity contribution in [3.8, 4) is 0 Å². The molecule has 146 valence electrons. The van der Waals surface area contributed by atoms with Crippen molar-refractivity contribution in [1.29, 1.82) is 0 Å². The molecule has 0 aliphatic carbocycles. The van der Waals surface area contributed by atoms with Gasteiger partial charge in [0.2, 0.25) is 0 Å². The predicted molar refractivity (Wildman–Crippen MR) is 115 cm³/mol. The predicted octanol–water partition coefficient (Wildman–Crippen LogP) is 4.08. The van der Waals surface area contributed by atoms with E-state index in [4.69, 9.17) is 0 Å². The molecule has 0 radical (unpaired) electrons. The molecule has 0 aliphatic heterocycles. The number of anilines is 1. The number of nitrogens with one attached hydrogen (secondary N) is 3. The fraction of sp³-hybridized carbons (Fsp3) is 0.0455. The average molecular weight is 452 g/mol. The number of halogens is 1. The minimum Gasteiger partial charge on any atom is -0.322 e. The number of amides is 3. The molecule has 0 spiro atoms. The Labute approximate surface area is 176 Å². The van der Waals surface area contributed by atoms with Crippen LogP contribution in [-0.2, 0) is 0 Å². The lowest BCUT2D eigenvalue weighted by Crippen LogP contribution is -2.41. The van der Waals surface area contributed by atoms with E-state index in [0.717, 1.165) is 10.0 Å². The first-order valence-corrected chi connectivity index (χ1v) is 9.56. The van der Waals surface area contributed by atoms with Gasteiger partial charge < -0.3 is 5.32 Å². The van der Waals surface area contributed by atoms with Gasteiger partial charge in [-0.15, -0.1) is 0 Å². The van der Waals surface area contributed by atoms with Crippen LogP contribution in [0.1, 0.15) is 36.6 Å². The molecule has 29 heavy (non-hydrogen) atoms. The van der Waals surface area contributed by atoms with Gasteiger partial charge in [-0.1, -0.05) is 33.6 Å². The van der Waals surface area contributed by atoms with Crippen molar-refractivity contribution < 1.29 is 14.4 Å². The fourth-order valence-electron chi connectivity index (χ4n) is 2.55. The molecule has 3 aromatic rings. The lowest BCUT2D eigenvalue weighted by atomic mass is 10.1. The van der Waals surface area contributed by atoms with Gasteiger partial charge in [0.15, 0.2) is 0 Å². The third-order valence-electron chi connectivity index (χ3n) is 4.08. The molecule has 0 saturated heterocycles. The van der Waals surface area contributed by atoms with Crippen LogP contribution >= 0.6 is 15.9 Å². The van der Waals surface area contributed by atoms with E-state index < -0.39 is 11.8 Å². The van der Waals surface area contributed by atoms with Crippen molar-refractivity contribution in [2.45, 2.75) is 6.92 Å². The maximum absolute atomic E-state index is 12.2. The van der Waals surface area contributed by atoms with Crippen LogP contribution in [0.5, 0.6) is 0 Å². The van der Waals surface area contributed by atoms with Crippen LogP contribution in [0.25, 0.3) is 0 Å². The molecule has 3 amide bonds. The zero-order chi connectivity index (χ0) is 20.8. The number of carbonyl (C=O) groups is 3. The Morgan fingerprint density at radius 3 is 1.86 bits per heavy atom. The summed E-state index contributed by atoms with van der Waals surface area (Å²) in [4.78, 5) is 36.5. The maximum atomic E-state index is 12.2. The summed E-state index contributed by atoms with van der Waals surface area (Å²) >= 11 is 3.33. The molecule has 0 fully saturated rings. The Morgan fingerprint density at radius 2 is 1.24 bits per heavy atom. The lowest BCUT2D eigenvalue weighted by Gasteiger charge is -2.09. The minimum atomic E-state index is -0.461. The van der Waals surface area contributed by atoms with E-state index in [9.17, 15) is 14.4 Å². The molecule has 0 aromatic heterocycles. The van der Waals surface area contributed by atoms with E-state index in [-0.39, 0.29) is 5.91 Å². The van der Waals surface area contributed by atoms with Gasteiger partial charge in [-0.05, 0) is 67.6 Å². The molecule has 3 rings (SSSR count). The van der Waals surface area contributed by atoms with Gasteiger partial charge in [-0.3, -0.25) is 25.2 Å². The number of rotatable bonds is 4. The van der Waals surface area contributed by atoms with Crippen molar-refractivity contribution in [1.82, 2.24) is 10.9 Å². The largest absolute Gasteiger partial charge is 0.322 e. The summed E-state index contributed by atoms with van der Waals surface area (Å²) in [6.45, 7) is 1.88. The maximum Gasteiger partial charge on any atom is 0.269 e. The molecule has 3 aromatic carbocycles. The quantitative estimate of drug-likeness (QED) is 0.522. The summed E-state index contributed by atoms with van der Waals surface area (Å²) in [5.41, 5.74) is 7.59. The Balaban J connectivity index is 1.56. The molecule has 0 unspecified atom stereocenters. The highest BCUT2D eigenvalue weighted by atomic mass is 79.9. The van der Waals surface area contributed by atoms with Gasteiger partial charge in [0.25, 0.3) is 17.7 Å². The Morgan fingerprint density at radius 1 is 0.690 bits per heavy atom. The zero-order valence-electron chi connectivity index (χ0n) is 15.5. The van der Waals surface area contributed by atoms with E-state index in [1.54, 1.807) is 66.7 Å². The van der Waals surface area contributed by atoms with Crippen molar-refractivity contribution >= 4 is 39.3 Å². The van der Waals surface area contributed by atoms with Gasteiger partial charge in [0, 0.05) is 26.9 Å². The monoisotopic (exact) mass is 451 g/mol. The first-order valence-electron chi connectivity index (χ1n) is 8.77. The minimum absolute atomic E-state index is 0.250. The average Bonchev–Trinajstić information content (AvgIpc) is 2.72. The smallest absolute Gasteiger partial charge is 0.269 e. The molecular weight excluding hydrogens is 434 g/mol. The first kappa shape index (κ1) is 20.3. The van der Waals surface area contributed by atoms with Gasteiger partial charge in [0.1, 0.15) is 0 Å². The SMILES string of the molecule is Cc1cccc(C(=O)NNC(=O)c2ccc(NC(=O)c3ccc(Br)cc3)cc2)c1. The van der Waals surface area contributed by atoms with Crippen molar-refractivity contribution in [3.63, 3.8) is 0 Å². The summed E-state index contributed by atoms with van der Waals surface area (Å²) < 4.78 is 0.888. The molecule has 6 nitrogen and oxygen atoms in total. The number of benzene rings is 3. The Bertz CT molecular complexity index is 1050. The topological polar surface area (TPSA) is 87.3 Å². The summed E-state index contributed by atoms with van der Waals surface area (Å²) in [5, 5.41) is 2.77. The molecule has 0 aliphatic rings. The molecular formula is C22H18BrN3O3. The molecule has 0 bridgehead atoms. The van der Waals surface area contributed by atoms with Crippen molar-refractivity contribution in [2.24, 2.45) is 0 Å². The molecule has 7 heteroatoms. The standard InChI is InChI=1S/C22H18BrN3O3/c1-14-3-2-4-17(13-14)22(29)26-25-21(28)16-7-11-19(12-8-16)24-20(27)15-5-9-18(23)10-6-15/h2-13H,1H3,(H,24,27)(H,25,28)(H,26,29). The number of aryl methyl sites for hydroxylation is 1. The number of hydrazine groups is 1. The lowest BCUT2D eigenvalue weighted by molar-refractivity contribution is 0.0846. The van der Waals surface area contributed by atoms with E-state index in [2.05, 4.69) is 32.1 Å². The Hall–Kier alpha value is -3.45. The summed E-state index contributed by atoms with van der Waals surface area (Å²) in [6.07, 6.45) is 0. The van der Waals surface area contributed by atoms with E-state index >= 15 is 0 Å². The van der Waals surface area contributed by atoms with Crippen LogP contribution in [0.3, 0.4) is 0 Å². The second-order valence-corrected chi connectivity index (χ2v) is 7.23. The number of hydrogen-bond acceptors (Lipinski definition) is 3. The summed E-state index contributed by atoms with van der Waals surface area (Å²) in [5.74, 6) is -1.11. The van der Waals surface area contributed by atoms with Crippen LogP contribution in [0, 0.1) is 6.92 Å². The van der Waals surface area contributed by atoms with Gasteiger partial charge >= 0.3 is 0 Å². The highest BCUT2D eigenvalue weighted by Crippen LogP contribution is 2.14. The number of hydrogen-bond donors (Lipinski definition) is 3. The van der Waals surface area contributed by atoms with E-state index in [1.807, 2.05) is 13.0 Å². The fourth-order valence-corrected chi connectivity index (χ4v) is 2.82. The van der Waals surface area contributed by atoms with Gasteiger partial charge in [-0.2, -0.15) is 0 Å². The third kappa shape index (κ3) is 5.52. The molecule has 3 N–H and O–H groups in total. The zero-order valence-corrected chi connectivity index (χ0v) is 17.1. The molecule has 0 atom stereocenters. The Kier molecular flexibility index (Phi) is 6.41. The van der Waals surface area contributed by atoms with Crippen LogP contribution in [-0.4, -0.2) is 17.7 Å². The molecule has 0 heterocycles. The first-order chi connectivity index (χ1) is 13.9. The van der Waals surface area contributed by atoms with Gasteiger partial charge in [-0.25, -0.2) is 0 Å². The van der Waals surface area contributed by atoms with Crippen LogP contribution in [0.4, 0.5) is 5.69 Å². The second-order valence-electron chi connectivity index (χ2n) is 6.32. The van der Waals surface area contributed by atoms with E-state index in [0.29, 0.717) is 22.4 Å². The van der Waals surface area contributed by atoms with Crippen molar-refractivity contribution in [2.75, 3.05) is 5.32 Å². The normalized spacial score (nSPS) is 10.1. The number of carbonyl (C=O) groups excluding carboxylic acids is 3. The van der Waals surface area contributed by atoms with Crippen molar-refractivity contribution in [3.05, 3.63) is 99.5 Å². The van der Waals surface area contributed by atoms with Crippen LogP contribution < -0.4 is 16.2 Å². The van der Waals surface area contributed by atoms with Gasteiger partial charge in [0.05, 0.1) is 0 Å². The highest BCUT2D eigenvalue weighted by Gasteiger charge is 2.10. The summed E-state index contributed by atoms with van der Waals surface area (Å²) in [6, 6.07) is 20.4. The van der Waals surface area contributed by atoms with Crippen LogP contribution in [0.2, 0.25) is 0 Å². The third-order valence-corrected chi connectivity index (χ3v) is 4.61. The van der Waals surface area contributed by atoms with E-state index in [1.165, 1.54) is 0 Å². The second kappa shape index (κ2) is 9.16. The molecule has 0 saturated carbocycles. The summed E-state index contributed by atoms with van der Waals surface area (Å²) in [7, 11) is 0.